The van der Waals surface area contributed by atoms with E-state index in [0.717, 1.165) is 38.5 Å². The van der Waals surface area contributed by atoms with Gasteiger partial charge in [-0.2, -0.15) is 0 Å². The largest absolute Gasteiger partial charge is 0.460 e. The molecule has 0 N–H and O–H groups in total. The van der Waals surface area contributed by atoms with Gasteiger partial charge in [0.2, 0.25) is 0 Å². The number of hydrogen-bond donors (Lipinski definition) is 0. The molecular weight excluding hydrogens is 256 g/mol. The number of carbonyl (C=O) groups is 2. The van der Waals surface area contributed by atoms with E-state index < -0.39 is 12.1 Å². The van der Waals surface area contributed by atoms with Crippen LogP contribution in [-0.2, 0) is 19.1 Å². The lowest BCUT2D eigenvalue weighted by molar-refractivity contribution is -0.172. The second kappa shape index (κ2) is 5.58. The highest BCUT2D eigenvalue weighted by molar-refractivity contribution is 5.80. The number of esters is 2. The van der Waals surface area contributed by atoms with Crippen LogP contribution in [-0.4, -0.2) is 24.1 Å². The first-order valence-electron chi connectivity index (χ1n) is 7.73. The molecule has 0 saturated heterocycles. The minimum Gasteiger partial charge on any atom is -0.460 e. The van der Waals surface area contributed by atoms with Crippen LogP contribution < -0.4 is 0 Å². The van der Waals surface area contributed by atoms with Crippen molar-refractivity contribution in [2.45, 2.75) is 57.7 Å². The normalized spacial score (nSPS) is 33.4. The Bertz CT molecular complexity index is 422. The molecule has 20 heavy (non-hydrogen) atoms. The molecule has 3 rings (SSSR count). The third kappa shape index (κ3) is 2.74. The second-order valence-corrected chi connectivity index (χ2v) is 6.31. The molecular formula is C16H22O4. The van der Waals surface area contributed by atoms with E-state index in [2.05, 4.69) is 12.2 Å². The predicted molar refractivity (Wildman–Crippen MR) is 72.7 cm³/mol. The number of hydrogen-bond acceptors (Lipinski definition) is 4. The lowest BCUT2D eigenvalue weighted by atomic mass is 9.94. The highest BCUT2D eigenvalue weighted by Gasteiger charge is 2.41. The molecule has 0 aromatic rings. The van der Waals surface area contributed by atoms with Crippen molar-refractivity contribution in [1.82, 2.24) is 0 Å². The highest BCUT2D eigenvalue weighted by atomic mass is 16.6. The van der Waals surface area contributed by atoms with Crippen LogP contribution in [0.3, 0.4) is 0 Å². The maximum atomic E-state index is 12.1. The molecule has 0 heterocycles. The molecule has 0 spiro atoms. The number of rotatable bonds is 4. The van der Waals surface area contributed by atoms with Crippen LogP contribution in [0.5, 0.6) is 0 Å². The van der Waals surface area contributed by atoms with Gasteiger partial charge in [0.05, 0.1) is 5.92 Å². The van der Waals surface area contributed by atoms with Crippen molar-refractivity contribution >= 4 is 11.9 Å². The van der Waals surface area contributed by atoms with E-state index >= 15 is 0 Å². The van der Waals surface area contributed by atoms with Crippen LogP contribution in [0.4, 0.5) is 0 Å². The lowest BCUT2D eigenvalue weighted by Gasteiger charge is -2.20. The summed E-state index contributed by atoms with van der Waals surface area (Å²) in [5, 5.41) is 0. The van der Waals surface area contributed by atoms with Crippen molar-refractivity contribution in [1.29, 1.82) is 0 Å². The van der Waals surface area contributed by atoms with Crippen molar-refractivity contribution in [3.63, 3.8) is 0 Å². The molecule has 0 amide bonds. The van der Waals surface area contributed by atoms with Gasteiger partial charge in [-0.3, -0.25) is 4.79 Å². The monoisotopic (exact) mass is 278 g/mol. The zero-order valence-electron chi connectivity index (χ0n) is 11.9. The summed E-state index contributed by atoms with van der Waals surface area (Å²) in [6, 6.07) is 0. The fourth-order valence-corrected chi connectivity index (χ4v) is 3.63. The molecule has 0 radical (unpaired) electrons. The first-order valence-corrected chi connectivity index (χ1v) is 7.73. The average Bonchev–Trinajstić information content (AvgIpc) is 3.15. The number of fused-ring (bicyclic) bond motifs is 2. The summed E-state index contributed by atoms with van der Waals surface area (Å²) in [4.78, 5) is 24.0. The smallest absolute Gasteiger partial charge is 0.347 e. The van der Waals surface area contributed by atoms with Gasteiger partial charge in [0, 0.05) is 0 Å². The summed E-state index contributed by atoms with van der Waals surface area (Å²) < 4.78 is 10.7. The molecule has 4 atom stereocenters. The first-order chi connectivity index (χ1) is 9.63. The van der Waals surface area contributed by atoms with E-state index in [0.29, 0.717) is 11.8 Å². The second-order valence-electron chi connectivity index (χ2n) is 6.31. The Labute approximate surface area is 119 Å². The lowest BCUT2D eigenvalue weighted by Crippen LogP contribution is -2.32. The van der Waals surface area contributed by atoms with E-state index in [1.165, 1.54) is 0 Å². The van der Waals surface area contributed by atoms with Crippen LogP contribution in [0, 0.1) is 17.8 Å². The van der Waals surface area contributed by atoms with Crippen LogP contribution in [0.15, 0.2) is 12.2 Å². The van der Waals surface area contributed by atoms with Gasteiger partial charge in [0.15, 0.2) is 6.10 Å². The Kier molecular flexibility index (Phi) is 3.81. The number of carbonyl (C=O) groups excluding carboxylic acids is 2. The van der Waals surface area contributed by atoms with Crippen LogP contribution in [0.1, 0.15) is 45.4 Å². The Morgan fingerprint density at radius 2 is 1.90 bits per heavy atom. The summed E-state index contributed by atoms with van der Waals surface area (Å²) in [6.07, 6.45) is 9.56. The minimum atomic E-state index is -0.786. The van der Waals surface area contributed by atoms with Crippen LogP contribution in [0.25, 0.3) is 0 Å². The molecule has 0 aromatic carbocycles. The third-order valence-electron chi connectivity index (χ3n) is 4.79. The SMILES string of the molecule is CC(OC(=O)C1CC2C=CC1C2)C(=O)OC1CCCC1. The fraction of sp³-hybridized carbons (Fsp3) is 0.750. The van der Waals surface area contributed by atoms with E-state index in [1.807, 2.05) is 0 Å². The minimum absolute atomic E-state index is 0.0223. The maximum absolute atomic E-state index is 12.1. The van der Waals surface area contributed by atoms with Gasteiger partial charge in [-0.05, 0) is 57.3 Å². The molecule has 0 aromatic heterocycles. The van der Waals surface area contributed by atoms with E-state index in [4.69, 9.17) is 9.47 Å². The molecule has 0 aliphatic heterocycles. The first kappa shape index (κ1) is 13.7. The molecule has 4 unspecified atom stereocenters. The van der Waals surface area contributed by atoms with Gasteiger partial charge < -0.3 is 9.47 Å². The Hall–Kier alpha value is -1.32. The van der Waals surface area contributed by atoms with Gasteiger partial charge in [-0.1, -0.05) is 12.2 Å². The Balaban J connectivity index is 1.48. The molecule has 4 heteroatoms. The summed E-state index contributed by atoms with van der Waals surface area (Å²) >= 11 is 0. The Morgan fingerprint density at radius 3 is 2.50 bits per heavy atom. The van der Waals surface area contributed by atoms with Gasteiger partial charge in [0.1, 0.15) is 6.10 Å². The van der Waals surface area contributed by atoms with E-state index in [1.54, 1.807) is 6.92 Å². The fourth-order valence-electron chi connectivity index (χ4n) is 3.63. The summed E-state index contributed by atoms with van der Waals surface area (Å²) in [5.74, 6) is 0.136. The van der Waals surface area contributed by atoms with Gasteiger partial charge in [0.25, 0.3) is 0 Å². The summed E-state index contributed by atoms with van der Waals surface area (Å²) in [5.41, 5.74) is 0. The maximum Gasteiger partial charge on any atom is 0.347 e. The van der Waals surface area contributed by atoms with Crippen molar-refractivity contribution in [3.8, 4) is 0 Å². The predicted octanol–water partition coefficient (Wildman–Crippen LogP) is 2.62. The standard InChI is InChI=1S/C16H22O4/c1-10(15(17)20-13-4-2-3-5-13)19-16(18)14-9-11-6-7-12(14)8-11/h6-7,10-14H,2-5,8-9H2,1H3. The molecule has 2 saturated carbocycles. The van der Waals surface area contributed by atoms with Crippen LogP contribution in [0.2, 0.25) is 0 Å². The van der Waals surface area contributed by atoms with Gasteiger partial charge in [-0.25, -0.2) is 4.79 Å². The average molecular weight is 278 g/mol. The summed E-state index contributed by atoms with van der Waals surface area (Å²) in [6.45, 7) is 1.61. The molecule has 110 valence electrons. The number of ether oxygens (including phenoxy) is 2. The van der Waals surface area contributed by atoms with Crippen molar-refractivity contribution in [3.05, 3.63) is 12.2 Å². The molecule has 4 nitrogen and oxygen atoms in total. The molecule has 3 aliphatic carbocycles. The summed E-state index contributed by atoms with van der Waals surface area (Å²) in [7, 11) is 0. The Morgan fingerprint density at radius 1 is 1.15 bits per heavy atom. The van der Waals surface area contributed by atoms with Gasteiger partial charge >= 0.3 is 11.9 Å². The molecule has 2 fully saturated rings. The van der Waals surface area contributed by atoms with Crippen molar-refractivity contribution < 1.29 is 19.1 Å². The third-order valence-corrected chi connectivity index (χ3v) is 4.79. The van der Waals surface area contributed by atoms with E-state index in [9.17, 15) is 9.59 Å². The van der Waals surface area contributed by atoms with Crippen LogP contribution >= 0.6 is 0 Å². The zero-order valence-corrected chi connectivity index (χ0v) is 11.9. The van der Waals surface area contributed by atoms with E-state index in [-0.39, 0.29) is 18.0 Å². The molecule has 3 aliphatic rings. The van der Waals surface area contributed by atoms with Gasteiger partial charge in [-0.15, -0.1) is 0 Å². The van der Waals surface area contributed by atoms with Crippen molar-refractivity contribution in [2.75, 3.05) is 0 Å². The highest BCUT2D eigenvalue weighted by Crippen LogP contribution is 2.44. The quantitative estimate of drug-likeness (QED) is 0.586. The molecule has 2 bridgehead atoms. The van der Waals surface area contributed by atoms with Crippen molar-refractivity contribution in [2.24, 2.45) is 17.8 Å². The number of allylic oxidation sites excluding steroid dienone is 2. The topological polar surface area (TPSA) is 52.6 Å². The zero-order chi connectivity index (χ0) is 14.1.